The Hall–Kier alpha value is -3.66. The molecule has 7 nitrogen and oxygen atoms in total. The second-order valence-corrected chi connectivity index (χ2v) is 15.1. The maximum absolute atomic E-state index is 14.5. The molecule has 45 heavy (non-hydrogen) atoms. The van der Waals surface area contributed by atoms with E-state index in [1.54, 1.807) is 30.3 Å². The number of carbonyl (C=O) groups excluding carboxylic acids is 2. The number of hydrogen-bond acceptors (Lipinski definition) is 4. The summed E-state index contributed by atoms with van der Waals surface area (Å²) in [5.41, 5.74) is 2.19. The molecule has 0 radical (unpaired) electrons. The van der Waals surface area contributed by atoms with E-state index in [4.69, 9.17) is 11.6 Å². The average molecular weight is 711 g/mol. The third-order valence-corrected chi connectivity index (χ3v) is 9.51. The lowest BCUT2D eigenvalue weighted by molar-refractivity contribution is -0.140. The van der Waals surface area contributed by atoms with Gasteiger partial charge in [-0.25, -0.2) is 8.42 Å². The summed E-state index contributed by atoms with van der Waals surface area (Å²) in [7, 11) is -4.21. The molecule has 1 atom stereocenters. The molecule has 2 amide bonds. The van der Waals surface area contributed by atoms with Crippen LogP contribution in [0.2, 0.25) is 5.02 Å². The van der Waals surface area contributed by atoms with Gasteiger partial charge >= 0.3 is 0 Å². The number of sulfonamides is 1. The van der Waals surface area contributed by atoms with Gasteiger partial charge in [0.25, 0.3) is 10.0 Å². The van der Waals surface area contributed by atoms with Crippen LogP contribution in [0, 0.1) is 6.92 Å². The van der Waals surface area contributed by atoms with Crippen LogP contribution in [0.1, 0.15) is 37.5 Å². The van der Waals surface area contributed by atoms with Gasteiger partial charge in [-0.15, -0.1) is 0 Å². The first kappa shape index (κ1) is 34.2. The van der Waals surface area contributed by atoms with Crippen molar-refractivity contribution in [2.24, 2.45) is 0 Å². The number of hydrogen-bond donors (Lipinski definition) is 1. The highest BCUT2D eigenvalue weighted by atomic mass is 79.9. The molecule has 0 aliphatic carbocycles. The number of benzene rings is 4. The van der Waals surface area contributed by atoms with Gasteiger partial charge in [0.15, 0.2) is 0 Å². The fourth-order valence-corrected chi connectivity index (χ4v) is 6.87. The first-order valence-corrected chi connectivity index (χ1v) is 17.1. The molecule has 0 aliphatic rings. The summed E-state index contributed by atoms with van der Waals surface area (Å²) in [4.78, 5) is 30.0. The highest BCUT2D eigenvalue weighted by Crippen LogP contribution is 2.28. The molecule has 0 aliphatic heterocycles. The predicted octanol–water partition coefficient (Wildman–Crippen LogP) is 7.16. The Bertz CT molecular complexity index is 1740. The van der Waals surface area contributed by atoms with Crippen molar-refractivity contribution in [1.82, 2.24) is 10.2 Å². The number of halogens is 2. The third-order valence-electron chi connectivity index (χ3n) is 7.00. The van der Waals surface area contributed by atoms with Crippen LogP contribution in [-0.2, 0) is 32.6 Å². The van der Waals surface area contributed by atoms with Gasteiger partial charge in [-0.3, -0.25) is 13.9 Å². The van der Waals surface area contributed by atoms with Crippen LogP contribution in [0.15, 0.2) is 112 Å². The number of nitrogens with one attached hydrogen (secondary N) is 1. The van der Waals surface area contributed by atoms with E-state index in [2.05, 4.69) is 21.2 Å². The predicted molar refractivity (Wildman–Crippen MR) is 184 cm³/mol. The van der Waals surface area contributed by atoms with Crippen LogP contribution in [0.25, 0.3) is 0 Å². The van der Waals surface area contributed by atoms with Crippen molar-refractivity contribution in [2.45, 2.75) is 57.1 Å². The molecule has 4 aromatic carbocycles. The Balaban J connectivity index is 1.82. The van der Waals surface area contributed by atoms with Crippen molar-refractivity contribution in [3.63, 3.8) is 0 Å². The van der Waals surface area contributed by atoms with Crippen molar-refractivity contribution in [2.75, 3.05) is 10.8 Å². The number of aryl methyl sites for hydroxylation is 1. The lowest BCUT2D eigenvalue weighted by Gasteiger charge is -2.35. The normalized spacial score (nSPS) is 12.3. The largest absolute Gasteiger partial charge is 0.350 e. The van der Waals surface area contributed by atoms with Gasteiger partial charge in [-0.05, 0) is 81.3 Å². The molecule has 0 saturated carbocycles. The van der Waals surface area contributed by atoms with Crippen LogP contribution >= 0.6 is 27.5 Å². The first-order valence-electron chi connectivity index (χ1n) is 14.5. The van der Waals surface area contributed by atoms with E-state index in [0.29, 0.717) is 5.02 Å². The van der Waals surface area contributed by atoms with Gasteiger partial charge < -0.3 is 10.2 Å². The van der Waals surface area contributed by atoms with Crippen molar-refractivity contribution in [3.8, 4) is 0 Å². The lowest BCUT2D eigenvalue weighted by atomic mass is 10.0. The van der Waals surface area contributed by atoms with E-state index >= 15 is 0 Å². The molecule has 0 bridgehead atoms. The van der Waals surface area contributed by atoms with Crippen molar-refractivity contribution >= 4 is 55.1 Å². The zero-order valence-corrected chi connectivity index (χ0v) is 28.9. The Labute approximate surface area is 279 Å². The molecule has 236 valence electrons. The fourth-order valence-electron chi connectivity index (χ4n) is 4.84. The van der Waals surface area contributed by atoms with E-state index in [1.807, 2.05) is 82.3 Å². The smallest absolute Gasteiger partial charge is 0.264 e. The average Bonchev–Trinajstić information content (AvgIpc) is 2.97. The van der Waals surface area contributed by atoms with Crippen molar-refractivity contribution < 1.29 is 18.0 Å². The molecule has 0 aromatic heterocycles. The molecular formula is C35H37BrClN3O4S. The summed E-state index contributed by atoms with van der Waals surface area (Å²) in [6, 6.07) is 28.8. The molecule has 0 unspecified atom stereocenters. The second kappa shape index (κ2) is 14.6. The van der Waals surface area contributed by atoms with Gasteiger partial charge in [0.05, 0.1) is 10.6 Å². The van der Waals surface area contributed by atoms with E-state index in [0.717, 1.165) is 25.5 Å². The Kier molecular flexibility index (Phi) is 11.1. The summed E-state index contributed by atoms with van der Waals surface area (Å²) in [5.74, 6) is -0.888. The van der Waals surface area contributed by atoms with Crippen LogP contribution in [0.4, 0.5) is 5.69 Å². The van der Waals surface area contributed by atoms with Crippen LogP contribution in [0.5, 0.6) is 0 Å². The summed E-state index contributed by atoms with van der Waals surface area (Å²) in [5, 5.41) is 3.36. The standard InChI is InChI=1S/C35H37BrClN3O4S/c1-25-16-18-31(19-17-25)45(43,44)40(30-15-9-14-29(37)22-30)24-33(41)39(23-27-12-8-13-28(36)20-27)32(34(42)38-35(2,3)4)21-26-10-6-5-7-11-26/h5-20,22,32H,21,23-24H2,1-4H3,(H,38,42)/t32-/m0/s1. The topological polar surface area (TPSA) is 86.8 Å². The van der Waals surface area contributed by atoms with Gasteiger partial charge in [-0.2, -0.15) is 0 Å². The Morgan fingerprint density at radius 2 is 1.51 bits per heavy atom. The highest BCUT2D eigenvalue weighted by Gasteiger charge is 2.35. The van der Waals surface area contributed by atoms with Gasteiger partial charge in [-0.1, -0.05) is 93.8 Å². The zero-order valence-electron chi connectivity index (χ0n) is 25.7. The SMILES string of the molecule is Cc1ccc(S(=O)(=O)N(CC(=O)N(Cc2cccc(Br)c2)[C@@H](Cc2ccccc2)C(=O)NC(C)(C)C)c2cccc(Cl)c2)cc1. The zero-order chi connectivity index (χ0) is 32.8. The number of rotatable bonds is 11. The summed E-state index contributed by atoms with van der Waals surface area (Å²) in [6.45, 7) is 7.00. The summed E-state index contributed by atoms with van der Waals surface area (Å²) >= 11 is 9.80. The molecule has 1 N–H and O–H groups in total. The minimum absolute atomic E-state index is 0.0331. The van der Waals surface area contributed by atoms with E-state index in [9.17, 15) is 18.0 Å². The van der Waals surface area contributed by atoms with Gasteiger partial charge in [0.2, 0.25) is 11.8 Å². The first-order chi connectivity index (χ1) is 21.2. The number of amides is 2. The van der Waals surface area contributed by atoms with E-state index in [-0.39, 0.29) is 29.5 Å². The van der Waals surface area contributed by atoms with E-state index < -0.39 is 34.1 Å². The minimum atomic E-state index is -4.21. The maximum atomic E-state index is 14.5. The highest BCUT2D eigenvalue weighted by molar-refractivity contribution is 9.10. The molecule has 0 heterocycles. The van der Waals surface area contributed by atoms with Crippen molar-refractivity contribution in [3.05, 3.63) is 129 Å². The van der Waals surface area contributed by atoms with Gasteiger partial charge in [0.1, 0.15) is 12.6 Å². The lowest BCUT2D eigenvalue weighted by Crippen LogP contribution is -2.56. The van der Waals surface area contributed by atoms with Crippen LogP contribution in [0.3, 0.4) is 0 Å². The van der Waals surface area contributed by atoms with Crippen molar-refractivity contribution in [1.29, 1.82) is 0 Å². The quantitative estimate of drug-likeness (QED) is 0.179. The Morgan fingerprint density at radius 3 is 2.13 bits per heavy atom. The molecule has 0 fully saturated rings. The number of carbonyl (C=O) groups is 2. The Morgan fingerprint density at radius 1 is 0.867 bits per heavy atom. The molecular weight excluding hydrogens is 674 g/mol. The van der Waals surface area contributed by atoms with Gasteiger partial charge in [0, 0.05) is 28.0 Å². The van der Waals surface area contributed by atoms with E-state index in [1.165, 1.54) is 23.1 Å². The summed E-state index contributed by atoms with van der Waals surface area (Å²) < 4.78 is 30.1. The number of anilines is 1. The minimum Gasteiger partial charge on any atom is -0.350 e. The maximum Gasteiger partial charge on any atom is 0.264 e. The molecule has 0 spiro atoms. The molecule has 10 heteroatoms. The fraction of sp³-hybridized carbons (Fsp3) is 0.257. The summed E-state index contributed by atoms with van der Waals surface area (Å²) in [6.07, 6.45) is 0.227. The van der Waals surface area contributed by atoms with Crippen LogP contribution < -0.4 is 9.62 Å². The molecule has 0 saturated heterocycles. The second-order valence-electron chi connectivity index (χ2n) is 11.9. The molecule has 4 rings (SSSR count). The monoisotopic (exact) mass is 709 g/mol. The van der Waals surface area contributed by atoms with Crippen LogP contribution in [-0.4, -0.2) is 43.3 Å². The third kappa shape index (κ3) is 9.42. The molecule has 4 aromatic rings. The number of nitrogens with zero attached hydrogens (tertiary/aromatic N) is 2.